The Kier molecular flexibility index (Phi) is 7.70. The maximum absolute atomic E-state index is 5.48. The highest BCUT2D eigenvalue weighted by atomic mass is 16.5. The Balaban J connectivity index is 2.44. The molecule has 0 aliphatic rings. The van der Waals surface area contributed by atoms with Crippen LogP contribution in [0.5, 0.6) is 0 Å². The van der Waals surface area contributed by atoms with Crippen LogP contribution < -0.4 is 5.32 Å². The first-order chi connectivity index (χ1) is 9.20. The molecule has 1 rings (SSSR count). The zero-order chi connectivity index (χ0) is 14.1. The molecule has 0 bridgehead atoms. The zero-order valence-corrected chi connectivity index (χ0v) is 12.7. The van der Waals surface area contributed by atoms with Crippen LogP contribution in [0.15, 0.2) is 0 Å². The fraction of sp³-hybridized carbons (Fsp3) is 0.786. The average Bonchev–Trinajstić information content (AvgIpc) is 2.66. The first-order valence-corrected chi connectivity index (χ1v) is 7.01. The molecule has 0 unspecified atom stereocenters. The lowest BCUT2D eigenvalue weighted by Gasteiger charge is -2.07. The molecule has 0 amide bonds. The summed E-state index contributed by atoms with van der Waals surface area (Å²) in [6, 6.07) is 0. The van der Waals surface area contributed by atoms with Gasteiger partial charge < -0.3 is 14.8 Å². The van der Waals surface area contributed by atoms with Crippen molar-refractivity contribution in [1.29, 1.82) is 0 Å². The van der Waals surface area contributed by atoms with E-state index in [0.29, 0.717) is 19.8 Å². The lowest BCUT2D eigenvalue weighted by atomic mass is 10.2. The third-order valence-corrected chi connectivity index (χ3v) is 3.14. The van der Waals surface area contributed by atoms with Crippen molar-refractivity contribution in [3.63, 3.8) is 0 Å². The third-order valence-electron chi connectivity index (χ3n) is 3.14. The number of hydrogen-bond donors (Lipinski definition) is 1. The fourth-order valence-corrected chi connectivity index (χ4v) is 1.99. The van der Waals surface area contributed by atoms with Crippen LogP contribution in [0, 0.1) is 13.8 Å². The highest BCUT2D eigenvalue weighted by Crippen LogP contribution is 2.12. The van der Waals surface area contributed by atoms with Crippen LogP contribution in [0.25, 0.3) is 0 Å². The Morgan fingerprint density at radius 1 is 1.21 bits per heavy atom. The van der Waals surface area contributed by atoms with Gasteiger partial charge in [0.1, 0.15) is 0 Å². The van der Waals surface area contributed by atoms with Crippen LogP contribution >= 0.6 is 0 Å². The van der Waals surface area contributed by atoms with Crippen molar-refractivity contribution < 1.29 is 9.47 Å². The van der Waals surface area contributed by atoms with Gasteiger partial charge in [0.2, 0.25) is 0 Å². The van der Waals surface area contributed by atoms with Gasteiger partial charge in [0.05, 0.1) is 32.1 Å². The molecule has 1 heterocycles. The van der Waals surface area contributed by atoms with Crippen LogP contribution in [0.1, 0.15) is 30.3 Å². The van der Waals surface area contributed by atoms with Crippen molar-refractivity contribution in [3.05, 3.63) is 17.0 Å². The van der Waals surface area contributed by atoms with E-state index in [1.807, 2.05) is 4.68 Å². The molecule has 1 aromatic rings. The van der Waals surface area contributed by atoms with Gasteiger partial charge in [-0.3, -0.25) is 4.68 Å². The number of hydrogen-bond acceptors (Lipinski definition) is 4. The number of aryl methyl sites for hydroxylation is 1. The fourth-order valence-electron chi connectivity index (χ4n) is 1.99. The van der Waals surface area contributed by atoms with Crippen molar-refractivity contribution in [2.24, 2.45) is 0 Å². The topological polar surface area (TPSA) is 48.3 Å². The van der Waals surface area contributed by atoms with E-state index in [0.717, 1.165) is 31.7 Å². The first kappa shape index (κ1) is 16.1. The standard InChI is InChI=1S/C14H27N3O2/c1-5-6-15-11-14-12(2)16-17(13(14)3)7-8-19-10-9-18-4/h15H,5-11H2,1-4H3. The predicted octanol–water partition coefficient (Wildman–Crippen LogP) is 1.66. The van der Waals surface area contributed by atoms with E-state index >= 15 is 0 Å². The molecule has 0 saturated carbocycles. The van der Waals surface area contributed by atoms with E-state index in [-0.39, 0.29) is 0 Å². The van der Waals surface area contributed by atoms with E-state index in [9.17, 15) is 0 Å². The summed E-state index contributed by atoms with van der Waals surface area (Å²) in [5, 5.41) is 8.00. The van der Waals surface area contributed by atoms with Crippen LogP contribution in [-0.4, -0.2) is 43.3 Å². The van der Waals surface area contributed by atoms with Crippen LogP contribution in [-0.2, 0) is 22.6 Å². The highest BCUT2D eigenvalue weighted by molar-refractivity contribution is 5.24. The van der Waals surface area contributed by atoms with Crippen LogP contribution in [0.4, 0.5) is 0 Å². The molecule has 1 aromatic heterocycles. The van der Waals surface area contributed by atoms with Gasteiger partial charge in [-0.1, -0.05) is 6.92 Å². The van der Waals surface area contributed by atoms with E-state index < -0.39 is 0 Å². The summed E-state index contributed by atoms with van der Waals surface area (Å²) in [6.07, 6.45) is 1.15. The largest absolute Gasteiger partial charge is 0.382 e. The molecule has 0 aliphatic heterocycles. The molecule has 0 atom stereocenters. The highest BCUT2D eigenvalue weighted by Gasteiger charge is 2.10. The van der Waals surface area contributed by atoms with E-state index in [4.69, 9.17) is 9.47 Å². The molecular formula is C14H27N3O2. The Morgan fingerprint density at radius 3 is 2.68 bits per heavy atom. The second kappa shape index (κ2) is 9.07. The summed E-state index contributed by atoms with van der Waals surface area (Å²) >= 11 is 0. The summed E-state index contributed by atoms with van der Waals surface area (Å²) in [5.74, 6) is 0. The van der Waals surface area contributed by atoms with Gasteiger partial charge in [-0.25, -0.2) is 0 Å². The Labute approximate surface area is 116 Å². The number of nitrogens with one attached hydrogen (secondary N) is 1. The molecule has 0 aromatic carbocycles. The number of nitrogens with zero attached hydrogens (tertiary/aromatic N) is 2. The SMILES string of the molecule is CCCNCc1c(C)nn(CCOCCOC)c1C. The molecule has 0 fully saturated rings. The van der Waals surface area contributed by atoms with Gasteiger partial charge in [-0.2, -0.15) is 5.10 Å². The molecule has 0 radical (unpaired) electrons. The predicted molar refractivity (Wildman–Crippen MR) is 76.4 cm³/mol. The number of aromatic nitrogens is 2. The minimum absolute atomic E-state index is 0.640. The van der Waals surface area contributed by atoms with E-state index in [2.05, 4.69) is 31.2 Å². The van der Waals surface area contributed by atoms with Crippen LogP contribution in [0.2, 0.25) is 0 Å². The number of methoxy groups -OCH3 is 1. The maximum atomic E-state index is 5.48. The number of ether oxygens (including phenoxy) is 2. The third kappa shape index (κ3) is 5.30. The minimum atomic E-state index is 0.640. The zero-order valence-electron chi connectivity index (χ0n) is 12.7. The first-order valence-electron chi connectivity index (χ1n) is 7.01. The van der Waals surface area contributed by atoms with Gasteiger partial charge in [-0.05, 0) is 26.8 Å². The Morgan fingerprint density at radius 2 is 2.00 bits per heavy atom. The number of rotatable bonds is 10. The quantitative estimate of drug-likeness (QED) is 0.656. The molecule has 0 spiro atoms. The molecule has 0 aliphatic carbocycles. The molecule has 0 saturated heterocycles. The average molecular weight is 269 g/mol. The molecule has 110 valence electrons. The molecule has 5 nitrogen and oxygen atoms in total. The van der Waals surface area contributed by atoms with Gasteiger partial charge in [0.15, 0.2) is 0 Å². The van der Waals surface area contributed by atoms with Crippen LogP contribution in [0.3, 0.4) is 0 Å². The molecular weight excluding hydrogens is 242 g/mol. The van der Waals surface area contributed by atoms with Crippen molar-refractivity contribution in [3.8, 4) is 0 Å². The van der Waals surface area contributed by atoms with E-state index in [1.165, 1.54) is 11.3 Å². The summed E-state index contributed by atoms with van der Waals surface area (Å²) in [5.41, 5.74) is 3.65. The lowest BCUT2D eigenvalue weighted by molar-refractivity contribution is 0.0651. The second-order valence-corrected chi connectivity index (χ2v) is 4.65. The maximum Gasteiger partial charge on any atom is 0.0701 e. The normalized spacial score (nSPS) is 11.2. The monoisotopic (exact) mass is 269 g/mol. The smallest absolute Gasteiger partial charge is 0.0701 e. The molecule has 1 N–H and O–H groups in total. The lowest BCUT2D eigenvalue weighted by Crippen LogP contribution is -2.15. The Bertz CT molecular complexity index is 364. The van der Waals surface area contributed by atoms with Gasteiger partial charge >= 0.3 is 0 Å². The van der Waals surface area contributed by atoms with E-state index in [1.54, 1.807) is 7.11 Å². The summed E-state index contributed by atoms with van der Waals surface area (Å²) in [4.78, 5) is 0. The summed E-state index contributed by atoms with van der Waals surface area (Å²) < 4.78 is 12.5. The molecule has 5 heteroatoms. The van der Waals surface area contributed by atoms with Crippen molar-refractivity contribution in [1.82, 2.24) is 15.1 Å². The van der Waals surface area contributed by atoms with Crippen molar-refractivity contribution in [2.75, 3.05) is 33.5 Å². The van der Waals surface area contributed by atoms with Gasteiger partial charge in [0.25, 0.3) is 0 Å². The van der Waals surface area contributed by atoms with Gasteiger partial charge in [0, 0.05) is 24.9 Å². The molecule has 19 heavy (non-hydrogen) atoms. The second-order valence-electron chi connectivity index (χ2n) is 4.65. The van der Waals surface area contributed by atoms with Gasteiger partial charge in [-0.15, -0.1) is 0 Å². The minimum Gasteiger partial charge on any atom is -0.382 e. The summed E-state index contributed by atoms with van der Waals surface area (Å²) in [7, 11) is 1.68. The summed E-state index contributed by atoms with van der Waals surface area (Å²) in [6.45, 7) is 11.1. The van der Waals surface area contributed by atoms with Crippen molar-refractivity contribution >= 4 is 0 Å². The van der Waals surface area contributed by atoms with Crippen molar-refractivity contribution in [2.45, 2.75) is 40.3 Å². The Hall–Kier alpha value is -0.910.